The average molecular weight is 617 g/mol. The molecule has 0 aliphatic carbocycles. The second kappa shape index (κ2) is 18.5. The summed E-state index contributed by atoms with van der Waals surface area (Å²) in [7, 11) is 0. The minimum Gasteiger partial charge on any atom is -0.462 e. The van der Waals surface area contributed by atoms with Gasteiger partial charge in [0.1, 0.15) is 11.5 Å². The molecule has 0 radical (unpaired) electrons. The van der Waals surface area contributed by atoms with Crippen molar-refractivity contribution < 1.29 is 38.1 Å². The standard InChI is InChI=1S/C35H40N2O8/c1-2-3-9-32(38)44-30-15-17-31(18-16-30)45-33(39)19-12-25-10-13-26(14-11-25)34(40)42-20-7-5-4-6-8-21-43-35(41)27-22-28(36)24-29(37)23-27/h10-19,22-24H,2-9,20-21,36-37H2,1H3. The number of nitrogen functional groups attached to an aromatic ring is 2. The molecule has 0 aromatic heterocycles. The topological polar surface area (TPSA) is 157 Å². The number of anilines is 2. The van der Waals surface area contributed by atoms with Crippen LogP contribution in [0.4, 0.5) is 11.4 Å². The van der Waals surface area contributed by atoms with E-state index < -0.39 is 17.9 Å². The molecule has 3 aromatic carbocycles. The third kappa shape index (κ3) is 13.0. The van der Waals surface area contributed by atoms with E-state index in [0.717, 1.165) is 44.9 Å². The van der Waals surface area contributed by atoms with Crippen LogP contribution in [0.15, 0.2) is 72.8 Å². The Balaban J connectivity index is 1.27. The Morgan fingerprint density at radius 3 is 1.76 bits per heavy atom. The molecule has 0 saturated heterocycles. The fourth-order valence-corrected chi connectivity index (χ4v) is 4.15. The fourth-order valence-electron chi connectivity index (χ4n) is 4.15. The molecule has 45 heavy (non-hydrogen) atoms. The lowest BCUT2D eigenvalue weighted by Gasteiger charge is -2.07. The quantitative estimate of drug-likeness (QED) is 0.0562. The molecule has 238 valence electrons. The van der Waals surface area contributed by atoms with E-state index in [1.807, 2.05) is 6.92 Å². The van der Waals surface area contributed by atoms with Gasteiger partial charge in [0.15, 0.2) is 0 Å². The zero-order valence-corrected chi connectivity index (χ0v) is 25.5. The average Bonchev–Trinajstić information content (AvgIpc) is 3.02. The molecule has 0 bridgehead atoms. The summed E-state index contributed by atoms with van der Waals surface area (Å²) >= 11 is 0. The first-order valence-electron chi connectivity index (χ1n) is 15.0. The molecule has 3 rings (SSSR count). The zero-order chi connectivity index (χ0) is 32.4. The van der Waals surface area contributed by atoms with Gasteiger partial charge in [0.05, 0.1) is 24.3 Å². The number of ether oxygens (including phenoxy) is 4. The SMILES string of the molecule is CCCCC(=O)Oc1ccc(OC(=O)C=Cc2ccc(C(=O)OCCCCCCCOC(=O)c3cc(N)cc(N)c3)cc2)cc1. The van der Waals surface area contributed by atoms with Crippen molar-refractivity contribution in [2.45, 2.75) is 58.3 Å². The summed E-state index contributed by atoms with van der Waals surface area (Å²) in [5.74, 6) is -1.03. The van der Waals surface area contributed by atoms with Gasteiger partial charge >= 0.3 is 23.9 Å². The van der Waals surface area contributed by atoms with Gasteiger partial charge in [0.2, 0.25) is 0 Å². The van der Waals surface area contributed by atoms with Gasteiger partial charge in [-0.3, -0.25) is 4.79 Å². The number of rotatable bonds is 17. The monoisotopic (exact) mass is 616 g/mol. The summed E-state index contributed by atoms with van der Waals surface area (Å²) in [6.07, 6.45) is 9.03. The van der Waals surface area contributed by atoms with Crippen molar-refractivity contribution in [1.29, 1.82) is 0 Å². The molecule has 10 nitrogen and oxygen atoms in total. The van der Waals surface area contributed by atoms with Gasteiger partial charge in [-0.05, 0) is 85.5 Å². The molecule has 0 spiro atoms. The Bertz CT molecular complexity index is 1430. The highest BCUT2D eigenvalue weighted by Gasteiger charge is 2.10. The van der Waals surface area contributed by atoms with E-state index in [-0.39, 0.29) is 5.97 Å². The number of esters is 4. The Kier molecular flexibility index (Phi) is 14.1. The van der Waals surface area contributed by atoms with Gasteiger partial charge in [0.25, 0.3) is 0 Å². The van der Waals surface area contributed by atoms with E-state index in [9.17, 15) is 19.2 Å². The first-order chi connectivity index (χ1) is 21.7. The summed E-state index contributed by atoms with van der Waals surface area (Å²) in [6, 6.07) is 17.6. The van der Waals surface area contributed by atoms with E-state index in [2.05, 4.69) is 0 Å². The summed E-state index contributed by atoms with van der Waals surface area (Å²) < 4.78 is 21.1. The van der Waals surface area contributed by atoms with Crippen molar-refractivity contribution >= 4 is 41.3 Å². The maximum Gasteiger partial charge on any atom is 0.338 e. The van der Waals surface area contributed by atoms with Gasteiger partial charge in [0, 0.05) is 23.9 Å². The summed E-state index contributed by atoms with van der Waals surface area (Å²) in [4.78, 5) is 48.3. The van der Waals surface area contributed by atoms with Gasteiger partial charge in [-0.1, -0.05) is 44.7 Å². The van der Waals surface area contributed by atoms with E-state index in [0.29, 0.717) is 59.2 Å². The number of benzene rings is 3. The van der Waals surface area contributed by atoms with E-state index in [1.165, 1.54) is 18.2 Å². The third-order valence-corrected chi connectivity index (χ3v) is 6.53. The van der Waals surface area contributed by atoms with Crippen molar-refractivity contribution in [2.24, 2.45) is 0 Å². The number of hydrogen-bond acceptors (Lipinski definition) is 10. The molecule has 0 unspecified atom stereocenters. The lowest BCUT2D eigenvalue weighted by molar-refractivity contribution is -0.134. The highest BCUT2D eigenvalue weighted by Crippen LogP contribution is 2.19. The smallest absolute Gasteiger partial charge is 0.338 e. The van der Waals surface area contributed by atoms with Crippen LogP contribution in [-0.4, -0.2) is 37.1 Å². The normalized spacial score (nSPS) is 10.8. The molecule has 0 fully saturated rings. The molecule has 0 atom stereocenters. The van der Waals surface area contributed by atoms with Gasteiger partial charge in [-0.15, -0.1) is 0 Å². The van der Waals surface area contributed by atoms with Crippen molar-refractivity contribution in [3.05, 3.63) is 89.5 Å². The van der Waals surface area contributed by atoms with E-state index in [4.69, 9.17) is 30.4 Å². The minimum atomic E-state index is -0.574. The summed E-state index contributed by atoms with van der Waals surface area (Å²) in [5.41, 5.74) is 13.7. The molecule has 0 aliphatic heterocycles. The molecular weight excluding hydrogens is 576 g/mol. The van der Waals surface area contributed by atoms with Crippen LogP contribution in [-0.2, 0) is 19.1 Å². The predicted octanol–water partition coefficient (Wildman–Crippen LogP) is 6.53. The van der Waals surface area contributed by atoms with Crippen LogP contribution in [0.25, 0.3) is 6.08 Å². The maximum atomic E-state index is 12.3. The number of hydrogen-bond donors (Lipinski definition) is 2. The third-order valence-electron chi connectivity index (χ3n) is 6.53. The van der Waals surface area contributed by atoms with Crippen molar-refractivity contribution in [3.8, 4) is 11.5 Å². The van der Waals surface area contributed by atoms with Gasteiger partial charge in [-0.2, -0.15) is 0 Å². The Morgan fingerprint density at radius 2 is 1.18 bits per heavy atom. The fraction of sp³-hybridized carbons (Fsp3) is 0.314. The largest absolute Gasteiger partial charge is 0.462 e. The van der Waals surface area contributed by atoms with Crippen molar-refractivity contribution in [1.82, 2.24) is 0 Å². The lowest BCUT2D eigenvalue weighted by Crippen LogP contribution is -2.08. The second-order valence-corrected chi connectivity index (χ2v) is 10.4. The van der Waals surface area contributed by atoms with Crippen LogP contribution < -0.4 is 20.9 Å². The van der Waals surface area contributed by atoms with Crippen LogP contribution in [0.5, 0.6) is 11.5 Å². The molecule has 0 heterocycles. The maximum absolute atomic E-state index is 12.3. The molecule has 0 amide bonds. The van der Waals surface area contributed by atoms with Crippen LogP contribution in [0.2, 0.25) is 0 Å². The lowest BCUT2D eigenvalue weighted by atomic mass is 10.1. The highest BCUT2D eigenvalue weighted by molar-refractivity contribution is 5.92. The summed E-state index contributed by atoms with van der Waals surface area (Å²) in [5, 5.41) is 0. The number of unbranched alkanes of at least 4 members (excludes halogenated alkanes) is 5. The molecule has 10 heteroatoms. The van der Waals surface area contributed by atoms with E-state index >= 15 is 0 Å². The molecule has 4 N–H and O–H groups in total. The number of nitrogens with two attached hydrogens (primary N) is 2. The van der Waals surface area contributed by atoms with Crippen molar-refractivity contribution in [2.75, 3.05) is 24.7 Å². The van der Waals surface area contributed by atoms with Crippen LogP contribution >= 0.6 is 0 Å². The zero-order valence-electron chi connectivity index (χ0n) is 25.5. The number of carbonyl (C=O) groups is 4. The summed E-state index contributed by atoms with van der Waals surface area (Å²) in [6.45, 7) is 2.61. The van der Waals surface area contributed by atoms with Crippen LogP contribution in [0.1, 0.15) is 84.6 Å². The molecule has 0 aliphatic rings. The minimum absolute atomic E-state index is 0.298. The predicted molar refractivity (Wildman–Crippen MR) is 172 cm³/mol. The van der Waals surface area contributed by atoms with Gasteiger partial charge < -0.3 is 30.4 Å². The Hall–Kier alpha value is -5.12. The van der Waals surface area contributed by atoms with Crippen molar-refractivity contribution in [3.63, 3.8) is 0 Å². The Labute approximate surface area is 263 Å². The molecule has 0 saturated carbocycles. The second-order valence-electron chi connectivity index (χ2n) is 10.4. The van der Waals surface area contributed by atoms with Crippen LogP contribution in [0, 0.1) is 0 Å². The molecule has 3 aromatic rings. The van der Waals surface area contributed by atoms with Gasteiger partial charge in [-0.25, -0.2) is 14.4 Å². The van der Waals surface area contributed by atoms with E-state index in [1.54, 1.807) is 60.7 Å². The number of carbonyl (C=O) groups excluding carboxylic acids is 4. The molecular formula is C35H40N2O8. The highest BCUT2D eigenvalue weighted by atomic mass is 16.5. The first-order valence-corrected chi connectivity index (χ1v) is 15.0. The van der Waals surface area contributed by atoms with Crippen LogP contribution in [0.3, 0.4) is 0 Å². The Morgan fingerprint density at radius 1 is 0.644 bits per heavy atom. The first kappa shape index (κ1) is 34.4.